The van der Waals surface area contributed by atoms with Crippen LogP contribution >= 0.6 is 46.4 Å². The minimum absolute atomic E-state index is 0.229. The van der Waals surface area contributed by atoms with Crippen molar-refractivity contribution >= 4 is 69.5 Å². The van der Waals surface area contributed by atoms with Crippen LogP contribution < -0.4 is 10.4 Å². The Morgan fingerprint density at radius 1 is 1.04 bits per heavy atom. The number of aliphatic imine (C=N–C) groups is 1. The molecule has 0 bridgehead atoms. The Kier molecular flexibility index (Phi) is 5.16. The molecule has 0 aromatic heterocycles. The van der Waals surface area contributed by atoms with Crippen LogP contribution in [0.5, 0.6) is 0 Å². The highest BCUT2D eigenvalue weighted by Gasteiger charge is 2.37. The van der Waals surface area contributed by atoms with Gasteiger partial charge < -0.3 is 0 Å². The maximum Gasteiger partial charge on any atom is 0.256 e. The maximum absolute atomic E-state index is 12.6. The molecule has 1 aliphatic heterocycles. The molecule has 1 N–H and O–H groups in total. The Morgan fingerprint density at radius 3 is 2.28 bits per heavy atom. The van der Waals surface area contributed by atoms with Crippen LogP contribution in [0.25, 0.3) is 0 Å². The summed E-state index contributed by atoms with van der Waals surface area (Å²) in [6.45, 7) is 3.68. The number of nitrogens with one attached hydrogen (secondary N) is 1. The van der Waals surface area contributed by atoms with Gasteiger partial charge in [-0.15, -0.1) is 0 Å². The highest BCUT2D eigenvalue weighted by Crippen LogP contribution is 2.38. The van der Waals surface area contributed by atoms with Crippen molar-refractivity contribution in [3.05, 3.63) is 56.0 Å². The van der Waals surface area contributed by atoms with Crippen molar-refractivity contribution in [3.8, 4) is 0 Å². The standard InChI is InChI=1S/C17H13Cl4N3O/c1-8-3-4-14(11(19)5-8)22-16-9(2)17(25)24(23-16)15-12(20)6-10(18)7-13(15)21/h3-7,9H,1-2H3,(H,22,23). The molecule has 3 rings (SSSR count). The van der Waals surface area contributed by atoms with Crippen LogP contribution in [0.2, 0.25) is 20.1 Å². The normalized spacial score (nSPS) is 18.8. The number of nitrogens with zero attached hydrogens (tertiary/aromatic N) is 2. The summed E-state index contributed by atoms with van der Waals surface area (Å²) in [5.41, 5.74) is 4.90. The molecule has 1 aliphatic rings. The summed E-state index contributed by atoms with van der Waals surface area (Å²) >= 11 is 24.6. The molecule has 4 nitrogen and oxygen atoms in total. The van der Waals surface area contributed by atoms with Gasteiger partial charge in [0.15, 0.2) is 0 Å². The lowest BCUT2D eigenvalue weighted by molar-refractivity contribution is -0.119. The molecule has 1 heterocycles. The number of carbonyl (C=O) groups excluding carboxylic acids is 1. The van der Waals surface area contributed by atoms with Gasteiger partial charge in [-0.3, -0.25) is 10.2 Å². The summed E-state index contributed by atoms with van der Waals surface area (Å²) in [6.07, 6.45) is 0. The Balaban J connectivity index is 1.99. The van der Waals surface area contributed by atoms with Crippen LogP contribution in [0, 0.1) is 12.8 Å². The van der Waals surface area contributed by atoms with Gasteiger partial charge in [-0.25, -0.2) is 10.0 Å². The van der Waals surface area contributed by atoms with Crippen LogP contribution in [0.4, 0.5) is 11.4 Å². The number of hydrazine groups is 1. The smallest absolute Gasteiger partial charge is 0.256 e. The summed E-state index contributed by atoms with van der Waals surface area (Å²) in [7, 11) is 0. The van der Waals surface area contributed by atoms with Gasteiger partial charge in [-0.2, -0.15) is 0 Å². The lowest BCUT2D eigenvalue weighted by Gasteiger charge is -2.19. The van der Waals surface area contributed by atoms with E-state index in [0.717, 1.165) is 5.56 Å². The molecule has 1 atom stereocenters. The first-order chi connectivity index (χ1) is 11.8. The number of hydrogen-bond donors (Lipinski definition) is 1. The SMILES string of the molecule is Cc1ccc(N=C2NN(c3c(Cl)cc(Cl)cc3Cl)C(=O)C2C)c(Cl)c1. The van der Waals surface area contributed by atoms with E-state index in [0.29, 0.717) is 27.3 Å². The first kappa shape index (κ1) is 18.3. The summed E-state index contributed by atoms with van der Waals surface area (Å²) in [6, 6.07) is 8.56. The van der Waals surface area contributed by atoms with E-state index >= 15 is 0 Å². The van der Waals surface area contributed by atoms with Gasteiger partial charge in [-0.1, -0.05) is 52.5 Å². The first-order valence-electron chi connectivity index (χ1n) is 7.38. The largest absolute Gasteiger partial charge is 0.277 e. The van der Waals surface area contributed by atoms with E-state index < -0.39 is 5.92 Å². The zero-order valence-corrected chi connectivity index (χ0v) is 16.3. The number of amidine groups is 1. The predicted molar refractivity (Wildman–Crippen MR) is 105 cm³/mol. The van der Waals surface area contributed by atoms with Gasteiger partial charge in [0.1, 0.15) is 11.5 Å². The molecule has 1 unspecified atom stereocenters. The van der Waals surface area contributed by atoms with Gasteiger partial charge in [0.2, 0.25) is 0 Å². The molecule has 0 saturated carbocycles. The molecular formula is C17H13Cl4N3O. The van der Waals surface area contributed by atoms with E-state index in [9.17, 15) is 4.79 Å². The average Bonchev–Trinajstić information content (AvgIpc) is 2.78. The minimum Gasteiger partial charge on any atom is -0.277 e. The highest BCUT2D eigenvalue weighted by molar-refractivity contribution is 6.43. The quantitative estimate of drug-likeness (QED) is 0.669. The molecule has 8 heteroatoms. The predicted octanol–water partition coefficient (Wildman–Crippen LogP) is 5.83. The fourth-order valence-corrected chi connectivity index (χ4v) is 3.71. The number of anilines is 1. The van der Waals surface area contributed by atoms with Gasteiger partial charge >= 0.3 is 0 Å². The molecule has 0 spiro atoms. The topological polar surface area (TPSA) is 44.7 Å². The third kappa shape index (κ3) is 3.58. The molecule has 1 saturated heterocycles. The fourth-order valence-electron chi connectivity index (χ4n) is 2.45. The van der Waals surface area contributed by atoms with E-state index in [1.54, 1.807) is 13.0 Å². The van der Waals surface area contributed by atoms with Crippen LogP contribution in [-0.4, -0.2) is 11.7 Å². The average molecular weight is 417 g/mol. The van der Waals surface area contributed by atoms with E-state index in [1.807, 2.05) is 19.1 Å². The molecule has 25 heavy (non-hydrogen) atoms. The third-order valence-electron chi connectivity index (χ3n) is 3.78. The van der Waals surface area contributed by atoms with Crippen LogP contribution in [0.1, 0.15) is 12.5 Å². The van der Waals surface area contributed by atoms with Crippen LogP contribution in [-0.2, 0) is 4.79 Å². The lowest BCUT2D eigenvalue weighted by Crippen LogP contribution is -2.36. The molecule has 2 aromatic rings. The van der Waals surface area contributed by atoms with Crippen LogP contribution in [0.15, 0.2) is 35.3 Å². The highest BCUT2D eigenvalue weighted by atomic mass is 35.5. The van der Waals surface area contributed by atoms with Gasteiger partial charge in [-0.05, 0) is 43.7 Å². The van der Waals surface area contributed by atoms with Crippen LogP contribution in [0.3, 0.4) is 0 Å². The lowest BCUT2D eigenvalue weighted by atomic mass is 10.1. The van der Waals surface area contributed by atoms with Gasteiger partial charge in [0.05, 0.1) is 26.7 Å². The first-order valence-corrected chi connectivity index (χ1v) is 8.89. The molecule has 1 fully saturated rings. The number of benzene rings is 2. The fraction of sp³-hybridized carbons (Fsp3) is 0.176. The number of rotatable bonds is 2. The number of aryl methyl sites for hydroxylation is 1. The Morgan fingerprint density at radius 2 is 1.68 bits per heavy atom. The van der Waals surface area contributed by atoms with E-state index in [4.69, 9.17) is 46.4 Å². The zero-order chi connectivity index (χ0) is 18.3. The molecule has 130 valence electrons. The van der Waals surface area contributed by atoms with Crippen molar-refractivity contribution in [2.45, 2.75) is 13.8 Å². The summed E-state index contributed by atoms with van der Waals surface area (Å²) < 4.78 is 0. The number of carbonyl (C=O) groups is 1. The second kappa shape index (κ2) is 7.04. The number of amides is 1. The molecule has 0 radical (unpaired) electrons. The second-order valence-corrected chi connectivity index (χ2v) is 7.34. The van der Waals surface area contributed by atoms with Crippen molar-refractivity contribution < 1.29 is 4.79 Å². The monoisotopic (exact) mass is 415 g/mol. The Labute approximate surface area is 165 Å². The Hall–Kier alpha value is -1.46. The minimum atomic E-state index is -0.500. The van der Waals surface area contributed by atoms with E-state index in [1.165, 1.54) is 17.1 Å². The summed E-state index contributed by atoms with van der Waals surface area (Å²) in [5.74, 6) is -0.272. The molecule has 2 aromatic carbocycles. The number of halogens is 4. The summed E-state index contributed by atoms with van der Waals surface area (Å²) in [5, 5.41) is 2.71. The van der Waals surface area contributed by atoms with Crippen molar-refractivity contribution in [3.63, 3.8) is 0 Å². The van der Waals surface area contributed by atoms with Crippen molar-refractivity contribution in [1.82, 2.24) is 5.43 Å². The second-order valence-electron chi connectivity index (χ2n) is 5.68. The van der Waals surface area contributed by atoms with Gasteiger partial charge in [0.25, 0.3) is 5.91 Å². The Bertz CT molecular complexity index is 874. The van der Waals surface area contributed by atoms with E-state index in [2.05, 4.69) is 10.4 Å². The maximum atomic E-state index is 12.6. The molecule has 1 amide bonds. The van der Waals surface area contributed by atoms with E-state index in [-0.39, 0.29) is 16.0 Å². The van der Waals surface area contributed by atoms with Crippen molar-refractivity contribution in [2.24, 2.45) is 10.9 Å². The number of hydrogen-bond acceptors (Lipinski definition) is 2. The molecular weight excluding hydrogens is 404 g/mol. The molecule has 0 aliphatic carbocycles. The third-order valence-corrected chi connectivity index (χ3v) is 4.87. The zero-order valence-electron chi connectivity index (χ0n) is 13.3. The van der Waals surface area contributed by atoms with Crippen molar-refractivity contribution in [1.29, 1.82) is 0 Å². The van der Waals surface area contributed by atoms with Crippen molar-refractivity contribution in [2.75, 3.05) is 5.01 Å². The van der Waals surface area contributed by atoms with Gasteiger partial charge in [0, 0.05) is 5.02 Å². The summed E-state index contributed by atoms with van der Waals surface area (Å²) in [4.78, 5) is 17.1.